The third-order valence-electron chi connectivity index (χ3n) is 10.5. The van der Waals surface area contributed by atoms with Gasteiger partial charge in [0.2, 0.25) is 0 Å². The summed E-state index contributed by atoms with van der Waals surface area (Å²) in [5.74, 6) is 1.20. The number of ether oxygens (including phenoxy) is 3. The molecule has 2 aromatic heterocycles. The molecule has 0 fully saturated rings. The number of nitrogens with zero attached hydrogens (tertiary/aromatic N) is 3. The standard InChI is InChI=1S/C42H43N3O4/c1-9-45(10-2)29-17-15-28(16-18-29)42(36-14-12-11-13-32(36)41(46)49-42)25-35(39-26(3)43(5)37-21-19-30(47-7)23-33(37)39)40-27(4)44(6)38-22-20-31(48-8)24-34(38)40/h11-25H,9-10H2,1-8H3. The Labute approximate surface area is 287 Å². The van der Waals surface area contributed by atoms with E-state index in [9.17, 15) is 4.79 Å². The number of aromatic nitrogens is 2. The maximum absolute atomic E-state index is 13.8. The topological polar surface area (TPSA) is 57.9 Å². The van der Waals surface area contributed by atoms with Gasteiger partial charge >= 0.3 is 5.97 Å². The summed E-state index contributed by atoms with van der Waals surface area (Å²) in [6.07, 6.45) is 2.19. The van der Waals surface area contributed by atoms with Crippen molar-refractivity contribution in [1.29, 1.82) is 0 Å². The van der Waals surface area contributed by atoms with Crippen molar-refractivity contribution in [3.8, 4) is 11.5 Å². The Hall–Kier alpha value is -5.43. The molecule has 7 rings (SSSR count). The van der Waals surface area contributed by atoms with E-state index >= 15 is 0 Å². The summed E-state index contributed by atoms with van der Waals surface area (Å²) in [5.41, 5.74) is 9.58. The number of cyclic esters (lactones) is 1. The highest BCUT2D eigenvalue weighted by atomic mass is 16.6. The predicted octanol–water partition coefficient (Wildman–Crippen LogP) is 8.70. The highest BCUT2D eigenvalue weighted by molar-refractivity contribution is 6.07. The molecular weight excluding hydrogens is 610 g/mol. The Bertz CT molecular complexity index is 2170. The largest absolute Gasteiger partial charge is 0.497 e. The average Bonchev–Trinajstić information content (AvgIpc) is 3.66. The van der Waals surface area contributed by atoms with Gasteiger partial charge in [-0.3, -0.25) is 0 Å². The number of hydrogen-bond donors (Lipinski definition) is 0. The summed E-state index contributed by atoms with van der Waals surface area (Å²) in [6, 6.07) is 28.6. The lowest BCUT2D eigenvalue weighted by Crippen LogP contribution is -2.27. The summed E-state index contributed by atoms with van der Waals surface area (Å²) in [6.45, 7) is 10.4. The van der Waals surface area contributed by atoms with E-state index in [1.54, 1.807) is 14.2 Å². The van der Waals surface area contributed by atoms with Crippen LogP contribution in [0.3, 0.4) is 0 Å². The molecule has 0 saturated carbocycles. The van der Waals surface area contributed by atoms with Crippen molar-refractivity contribution in [2.24, 2.45) is 14.1 Å². The average molecular weight is 654 g/mol. The molecule has 0 N–H and O–H groups in total. The highest BCUT2D eigenvalue weighted by Gasteiger charge is 2.46. The van der Waals surface area contributed by atoms with Crippen LogP contribution in [-0.2, 0) is 24.4 Å². The van der Waals surface area contributed by atoms with E-state index in [0.29, 0.717) is 5.56 Å². The van der Waals surface area contributed by atoms with Gasteiger partial charge in [-0.25, -0.2) is 4.79 Å². The lowest BCUT2D eigenvalue weighted by Gasteiger charge is -2.29. The normalized spacial score (nSPS) is 15.4. The van der Waals surface area contributed by atoms with Crippen molar-refractivity contribution in [3.63, 3.8) is 0 Å². The van der Waals surface area contributed by atoms with E-state index < -0.39 is 5.60 Å². The summed E-state index contributed by atoms with van der Waals surface area (Å²) >= 11 is 0. The third-order valence-corrected chi connectivity index (χ3v) is 10.5. The van der Waals surface area contributed by atoms with Crippen LogP contribution in [0.4, 0.5) is 5.69 Å². The second-order valence-electron chi connectivity index (χ2n) is 12.8. The number of carbonyl (C=O) groups is 1. The van der Waals surface area contributed by atoms with Crippen LogP contribution in [0.1, 0.15) is 57.8 Å². The smallest absolute Gasteiger partial charge is 0.340 e. The van der Waals surface area contributed by atoms with Crippen molar-refractivity contribution in [2.45, 2.75) is 33.3 Å². The molecule has 0 aliphatic carbocycles. The first-order chi connectivity index (χ1) is 23.7. The zero-order valence-electron chi connectivity index (χ0n) is 29.5. The van der Waals surface area contributed by atoms with Crippen LogP contribution < -0.4 is 14.4 Å². The van der Waals surface area contributed by atoms with Gasteiger partial charge in [0.15, 0.2) is 5.60 Å². The Morgan fingerprint density at radius 3 is 1.82 bits per heavy atom. The Morgan fingerprint density at radius 1 is 0.776 bits per heavy atom. The quantitative estimate of drug-likeness (QED) is 0.146. The minimum absolute atomic E-state index is 0.341. The van der Waals surface area contributed by atoms with Gasteiger partial charge in [0, 0.05) is 88.3 Å². The molecule has 1 aliphatic rings. The van der Waals surface area contributed by atoms with E-state index in [1.165, 1.54) is 0 Å². The van der Waals surface area contributed by atoms with E-state index in [0.717, 1.165) is 91.3 Å². The molecular formula is C42H43N3O4. The van der Waals surface area contributed by atoms with Gasteiger partial charge < -0.3 is 28.2 Å². The van der Waals surface area contributed by atoms with Gasteiger partial charge in [0.1, 0.15) is 11.5 Å². The number of esters is 1. The first-order valence-corrected chi connectivity index (χ1v) is 16.8. The van der Waals surface area contributed by atoms with Gasteiger partial charge in [-0.1, -0.05) is 30.3 Å². The molecule has 49 heavy (non-hydrogen) atoms. The van der Waals surface area contributed by atoms with Crippen LogP contribution in [0.15, 0.2) is 91.0 Å². The number of methoxy groups -OCH3 is 2. The number of rotatable bonds is 9. The first kappa shape index (κ1) is 32.1. The Morgan fingerprint density at radius 2 is 1.31 bits per heavy atom. The third kappa shape index (κ3) is 4.90. The van der Waals surface area contributed by atoms with Crippen LogP contribution >= 0.6 is 0 Å². The maximum Gasteiger partial charge on any atom is 0.340 e. The van der Waals surface area contributed by atoms with Crippen LogP contribution in [0.2, 0.25) is 0 Å². The van der Waals surface area contributed by atoms with Crippen LogP contribution in [0.25, 0.3) is 27.4 Å². The molecule has 6 aromatic rings. The van der Waals surface area contributed by atoms with Gasteiger partial charge in [0.05, 0.1) is 19.8 Å². The van der Waals surface area contributed by atoms with Crippen LogP contribution in [0.5, 0.6) is 11.5 Å². The zero-order valence-corrected chi connectivity index (χ0v) is 29.5. The predicted molar refractivity (Wildman–Crippen MR) is 198 cm³/mol. The highest BCUT2D eigenvalue weighted by Crippen LogP contribution is 2.49. The van der Waals surface area contributed by atoms with E-state index in [-0.39, 0.29) is 5.97 Å². The molecule has 0 amide bonds. The summed E-state index contributed by atoms with van der Waals surface area (Å²) in [5, 5.41) is 2.10. The number of carbonyl (C=O) groups excluding carboxylic acids is 1. The van der Waals surface area contributed by atoms with Gasteiger partial charge in [0.25, 0.3) is 0 Å². The molecule has 0 spiro atoms. The van der Waals surface area contributed by atoms with Gasteiger partial charge in [-0.05, 0) is 93.9 Å². The summed E-state index contributed by atoms with van der Waals surface area (Å²) < 4.78 is 22.6. The SMILES string of the molecule is CCN(CC)c1ccc(C2(C=C(c3c(C)n(C)c4ccc(OC)cc34)c3c(C)n(C)c4ccc(OC)cc34)OC(=O)c3ccccc32)cc1. The molecule has 4 aromatic carbocycles. The molecule has 1 aliphatic heterocycles. The van der Waals surface area contributed by atoms with Gasteiger partial charge in [-0.15, -0.1) is 0 Å². The van der Waals surface area contributed by atoms with Gasteiger partial charge in [-0.2, -0.15) is 0 Å². The molecule has 0 bridgehead atoms. The Balaban J connectivity index is 1.63. The lowest BCUT2D eigenvalue weighted by molar-refractivity contribution is 0.0276. The van der Waals surface area contributed by atoms with Crippen molar-refractivity contribution in [1.82, 2.24) is 9.13 Å². The van der Waals surface area contributed by atoms with Crippen LogP contribution in [-0.4, -0.2) is 42.4 Å². The van der Waals surface area contributed by atoms with Crippen molar-refractivity contribution < 1.29 is 19.0 Å². The monoisotopic (exact) mass is 653 g/mol. The molecule has 3 heterocycles. The second kappa shape index (κ2) is 12.2. The van der Waals surface area contributed by atoms with Crippen molar-refractivity contribution >= 4 is 39.0 Å². The fourth-order valence-corrected chi connectivity index (χ4v) is 7.66. The maximum atomic E-state index is 13.8. The molecule has 1 atom stereocenters. The molecule has 7 heteroatoms. The van der Waals surface area contributed by atoms with Crippen molar-refractivity contribution in [2.75, 3.05) is 32.2 Å². The van der Waals surface area contributed by atoms with Crippen LogP contribution in [0, 0.1) is 13.8 Å². The van der Waals surface area contributed by atoms with E-state index in [4.69, 9.17) is 14.2 Å². The molecule has 0 saturated heterocycles. The number of hydrogen-bond acceptors (Lipinski definition) is 5. The summed E-state index contributed by atoms with van der Waals surface area (Å²) in [7, 11) is 7.58. The molecule has 0 radical (unpaired) electrons. The number of fused-ring (bicyclic) bond motifs is 3. The number of anilines is 1. The fourth-order valence-electron chi connectivity index (χ4n) is 7.66. The van der Waals surface area contributed by atoms with E-state index in [2.05, 4.69) is 110 Å². The van der Waals surface area contributed by atoms with E-state index in [1.807, 2.05) is 36.4 Å². The lowest BCUT2D eigenvalue weighted by atomic mass is 9.81. The second-order valence-corrected chi connectivity index (χ2v) is 12.8. The number of benzene rings is 4. The minimum atomic E-state index is -1.20. The Kier molecular flexibility index (Phi) is 8.02. The molecule has 7 nitrogen and oxygen atoms in total. The van der Waals surface area contributed by atoms with Crippen molar-refractivity contribution in [3.05, 3.63) is 130 Å². The zero-order chi connectivity index (χ0) is 34.6. The molecule has 250 valence electrons. The first-order valence-electron chi connectivity index (χ1n) is 16.8. The molecule has 1 unspecified atom stereocenters. The number of aryl methyl sites for hydroxylation is 2. The fraction of sp³-hybridized carbons (Fsp3) is 0.262. The minimum Gasteiger partial charge on any atom is -0.497 e. The summed E-state index contributed by atoms with van der Waals surface area (Å²) in [4.78, 5) is 16.1.